The molecule has 6 rings (SSSR count). The van der Waals surface area contributed by atoms with Crippen molar-refractivity contribution in [3.63, 3.8) is 0 Å². The Labute approximate surface area is 258 Å². The minimum atomic E-state index is -0.254. The molecule has 44 heavy (non-hydrogen) atoms. The van der Waals surface area contributed by atoms with Crippen molar-refractivity contribution in [2.75, 3.05) is 10.2 Å². The molecule has 1 fully saturated rings. The van der Waals surface area contributed by atoms with Crippen molar-refractivity contribution >= 4 is 29.5 Å². The van der Waals surface area contributed by atoms with Gasteiger partial charge in [0.05, 0.1) is 23.0 Å². The molecule has 222 valence electrons. The van der Waals surface area contributed by atoms with Gasteiger partial charge in [0.25, 0.3) is 0 Å². The average Bonchev–Trinajstić information content (AvgIpc) is 3.69. The van der Waals surface area contributed by atoms with Gasteiger partial charge in [0.15, 0.2) is 0 Å². The van der Waals surface area contributed by atoms with E-state index < -0.39 is 0 Å². The van der Waals surface area contributed by atoms with Crippen molar-refractivity contribution in [1.29, 1.82) is 5.26 Å². The number of hydrogen-bond donors (Lipinski definition) is 3. The highest BCUT2D eigenvalue weighted by atomic mass is 35.5. The number of amides is 2. The zero-order valence-electron chi connectivity index (χ0n) is 23.9. The van der Waals surface area contributed by atoms with E-state index in [0.717, 1.165) is 29.5 Å². The Morgan fingerprint density at radius 3 is 2.50 bits per heavy atom. The van der Waals surface area contributed by atoms with Crippen LogP contribution in [-0.4, -0.2) is 58.0 Å². The number of anilines is 2. The number of H-pyrrole nitrogens is 1. The summed E-state index contributed by atoms with van der Waals surface area (Å²) in [4.78, 5) is 33.4. The van der Waals surface area contributed by atoms with Gasteiger partial charge in [-0.15, -0.1) is 0 Å². The molecule has 0 spiro atoms. The normalized spacial score (nSPS) is 16.2. The van der Waals surface area contributed by atoms with Crippen LogP contribution >= 0.6 is 11.6 Å². The lowest BCUT2D eigenvalue weighted by Gasteiger charge is -2.35. The Morgan fingerprint density at radius 1 is 1.07 bits per heavy atom. The number of aryl methyl sites for hydroxylation is 1. The fraction of sp³-hybridized carbons (Fsp3) is 0.267. The molecule has 5 aromatic rings. The SMILES string of the molecule is Cn1cc(-c2cnc(N(C(=O)NCc3ccccc3)C3CCC(Nc4ncc(C#N)c(-c5n[nH]cc5Cl)n4)CC3)nc2)cn1. The van der Waals surface area contributed by atoms with Gasteiger partial charge >= 0.3 is 6.03 Å². The number of carbonyl (C=O) groups excluding carboxylic acids is 1. The molecule has 2 amide bonds. The van der Waals surface area contributed by atoms with E-state index >= 15 is 0 Å². The predicted octanol–water partition coefficient (Wildman–Crippen LogP) is 4.72. The third-order valence-corrected chi connectivity index (χ3v) is 7.81. The minimum Gasteiger partial charge on any atom is -0.351 e. The first-order valence-electron chi connectivity index (χ1n) is 14.1. The van der Waals surface area contributed by atoms with Gasteiger partial charge in [-0.05, 0) is 31.2 Å². The van der Waals surface area contributed by atoms with Crippen molar-refractivity contribution in [2.45, 2.75) is 44.3 Å². The largest absolute Gasteiger partial charge is 0.351 e. The number of hydrogen-bond acceptors (Lipinski definition) is 9. The summed E-state index contributed by atoms with van der Waals surface area (Å²) < 4.78 is 1.72. The Kier molecular flexibility index (Phi) is 8.42. The van der Waals surface area contributed by atoms with Gasteiger partial charge < -0.3 is 10.6 Å². The summed E-state index contributed by atoms with van der Waals surface area (Å²) in [6, 6.07) is 11.6. The van der Waals surface area contributed by atoms with Crippen molar-refractivity contribution in [1.82, 2.24) is 45.2 Å². The van der Waals surface area contributed by atoms with Crippen LogP contribution in [0.1, 0.15) is 36.8 Å². The molecule has 0 atom stereocenters. The number of aromatic amines is 1. The van der Waals surface area contributed by atoms with Crippen LogP contribution < -0.4 is 15.5 Å². The summed E-state index contributed by atoms with van der Waals surface area (Å²) in [6.45, 7) is 0.388. The van der Waals surface area contributed by atoms with E-state index in [2.05, 4.69) is 51.9 Å². The highest BCUT2D eigenvalue weighted by Crippen LogP contribution is 2.30. The third kappa shape index (κ3) is 6.35. The summed E-state index contributed by atoms with van der Waals surface area (Å²) in [5, 5.41) is 27.4. The Hall–Kier alpha value is -5.35. The number of urea groups is 1. The number of benzene rings is 1. The fourth-order valence-electron chi connectivity index (χ4n) is 5.26. The van der Waals surface area contributed by atoms with Crippen molar-refractivity contribution in [3.8, 4) is 28.6 Å². The summed E-state index contributed by atoms with van der Waals surface area (Å²) in [6.07, 6.45) is 13.0. The van der Waals surface area contributed by atoms with Gasteiger partial charge in [0, 0.05) is 61.6 Å². The van der Waals surface area contributed by atoms with Crippen LogP contribution in [0.5, 0.6) is 0 Å². The van der Waals surface area contributed by atoms with E-state index in [0.29, 0.717) is 47.7 Å². The van der Waals surface area contributed by atoms with Crippen LogP contribution in [-0.2, 0) is 13.6 Å². The van der Waals surface area contributed by atoms with E-state index in [1.165, 1.54) is 12.4 Å². The molecule has 13 nitrogen and oxygen atoms in total. The quantitative estimate of drug-likeness (QED) is 0.226. The van der Waals surface area contributed by atoms with Gasteiger partial charge in [-0.1, -0.05) is 41.9 Å². The lowest BCUT2D eigenvalue weighted by Crippen LogP contribution is -2.49. The highest BCUT2D eigenvalue weighted by Gasteiger charge is 2.32. The van der Waals surface area contributed by atoms with E-state index in [1.807, 2.05) is 43.6 Å². The maximum absolute atomic E-state index is 13.6. The second-order valence-corrected chi connectivity index (χ2v) is 10.9. The Bertz CT molecular complexity index is 1770. The van der Waals surface area contributed by atoms with Crippen LogP contribution in [0.2, 0.25) is 5.02 Å². The summed E-state index contributed by atoms with van der Waals surface area (Å²) >= 11 is 6.23. The van der Waals surface area contributed by atoms with Crippen LogP contribution in [0.25, 0.3) is 22.5 Å². The first kappa shape index (κ1) is 28.8. The highest BCUT2D eigenvalue weighted by molar-refractivity contribution is 6.32. The number of rotatable bonds is 8. The van der Waals surface area contributed by atoms with E-state index in [9.17, 15) is 10.1 Å². The van der Waals surface area contributed by atoms with Gasteiger partial charge in [-0.3, -0.25) is 14.7 Å². The molecule has 14 heteroatoms. The van der Waals surface area contributed by atoms with Gasteiger partial charge in [0.2, 0.25) is 11.9 Å². The number of nitriles is 1. The maximum Gasteiger partial charge on any atom is 0.324 e. The average molecular weight is 609 g/mol. The van der Waals surface area contributed by atoms with Gasteiger partial charge in [-0.25, -0.2) is 24.7 Å². The molecule has 4 heterocycles. The zero-order valence-corrected chi connectivity index (χ0v) is 24.6. The molecule has 1 saturated carbocycles. The molecule has 0 aliphatic heterocycles. The number of halogens is 1. The topological polar surface area (TPSA) is 166 Å². The molecule has 0 bridgehead atoms. The summed E-state index contributed by atoms with van der Waals surface area (Å²) in [5.41, 5.74) is 3.74. The monoisotopic (exact) mass is 608 g/mol. The van der Waals surface area contributed by atoms with Crippen LogP contribution in [0, 0.1) is 11.3 Å². The Balaban J connectivity index is 1.17. The van der Waals surface area contributed by atoms with Crippen LogP contribution in [0.3, 0.4) is 0 Å². The van der Waals surface area contributed by atoms with Crippen molar-refractivity contribution in [2.24, 2.45) is 7.05 Å². The first-order chi connectivity index (χ1) is 21.5. The minimum absolute atomic E-state index is 0.0600. The number of aromatic nitrogens is 8. The van der Waals surface area contributed by atoms with Crippen LogP contribution in [0.4, 0.5) is 16.7 Å². The van der Waals surface area contributed by atoms with E-state index in [-0.39, 0.29) is 23.7 Å². The zero-order chi connectivity index (χ0) is 30.5. The second-order valence-electron chi connectivity index (χ2n) is 10.5. The number of nitrogens with one attached hydrogen (secondary N) is 3. The molecule has 0 radical (unpaired) electrons. The molecule has 1 aliphatic rings. The maximum atomic E-state index is 13.6. The summed E-state index contributed by atoms with van der Waals surface area (Å²) in [7, 11) is 1.85. The number of nitrogens with zero attached hydrogens (tertiary/aromatic N) is 9. The molecule has 1 aromatic carbocycles. The Morgan fingerprint density at radius 2 is 1.84 bits per heavy atom. The third-order valence-electron chi connectivity index (χ3n) is 7.52. The molecule has 1 aliphatic carbocycles. The molecule has 0 unspecified atom stereocenters. The molecular weight excluding hydrogens is 580 g/mol. The van der Waals surface area contributed by atoms with E-state index in [1.54, 1.807) is 28.2 Å². The van der Waals surface area contributed by atoms with Crippen molar-refractivity contribution in [3.05, 3.63) is 83.7 Å². The second kappa shape index (κ2) is 12.9. The van der Waals surface area contributed by atoms with Gasteiger partial charge in [0.1, 0.15) is 17.5 Å². The standard InChI is InChI=1S/C30H29ClN12O/c1-42-18-22(16-38-42)21-14-34-29(35-15-21)43(30(44)36-12-19-5-3-2-4-6-19)24-9-7-23(8-10-24)39-28-33-13-20(11-32)26(40-28)27-25(31)17-37-41-27/h2-6,13-18,23-24H,7-10,12H2,1H3,(H,36,44)(H,37,41)(H,33,39,40). The number of carbonyl (C=O) groups is 1. The molecule has 0 saturated heterocycles. The molecule has 4 aromatic heterocycles. The lowest BCUT2D eigenvalue weighted by molar-refractivity contribution is 0.240. The molecular formula is C30H29ClN12O. The van der Waals surface area contributed by atoms with Crippen LogP contribution in [0.15, 0.2) is 67.5 Å². The van der Waals surface area contributed by atoms with Gasteiger partial charge in [-0.2, -0.15) is 15.5 Å². The van der Waals surface area contributed by atoms with E-state index in [4.69, 9.17) is 11.6 Å². The first-order valence-corrected chi connectivity index (χ1v) is 14.5. The smallest absolute Gasteiger partial charge is 0.324 e. The summed E-state index contributed by atoms with van der Waals surface area (Å²) in [5.74, 6) is 0.726. The molecule has 3 N–H and O–H groups in total. The lowest BCUT2D eigenvalue weighted by atomic mass is 9.90. The predicted molar refractivity (Wildman–Crippen MR) is 164 cm³/mol. The van der Waals surface area contributed by atoms with Crippen molar-refractivity contribution < 1.29 is 4.79 Å². The fourth-order valence-corrected chi connectivity index (χ4v) is 5.44.